The molecule has 9 nitrogen and oxygen atoms in total. The average molecular weight is 520 g/mol. The number of ether oxygens (including phenoxy) is 1. The van der Waals surface area contributed by atoms with Crippen molar-refractivity contribution in [3.05, 3.63) is 29.3 Å². The lowest BCUT2D eigenvalue weighted by molar-refractivity contribution is -0.144. The van der Waals surface area contributed by atoms with Gasteiger partial charge >= 0.3 is 6.09 Å². The van der Waals surface area contributed by atoms with Crippen molar-refractivity contribution in [2.45, 2.75) is 104 Å². The molecule has 1 fully saturated rings. The summed E-state index contributed by atoms with van der Waals surface area (Å²) in [5.41, 5.74) is 0.0817. The van der Waals surface area contributed by atoms with E-state index in [0.29, 0.717) is 12.0 Å². The lowest BCUT2D eigenvalue weighted by atomic mass is 9.93. The second-order valence-corrected chi connectivity index (χ2v) is 11.0. The predicted octanol–water partition coefficient (Wildman–Crippen LogP) is 3.95. The maximum Gasteiger partial charge on any atom is 0.408 e. The zero-order chi connectivity index (χ0) is 27.8. The molecule has 0 spiro atoms. The second-order valence-electron chi connectivity index (χ2n) is 11.0. The number of phenols is 1. The monoisotopic (exact) mass is 519 g/mol. The summed E-state index contributed by atoms with van der Waals surface area (Å²) in [6.07, 6.45) is 4.69. The third kappa shape index (κ3) is 8.62. The molecule has 3 unspecified atom stereocenters. The van der Waals surface area contributed by atoms with Crippen LogP contribution in [0.1, 0.15) is 90.3 Å². The minimum absolute atomic E-state index is 0.0213. The van der Waals surface area contributed by atoms with Gasteiger partial charge in [0.15, 0.2) is 0 Å². The minimum Gasteiger partial charge on any atom is -0.507 e. The molecule has 3 amide bonds. The SMILES string of the molecule is CCC(C)C(NC(=O)OC(C)(C)C)C(=O)N(CCO)C(C(=O)NC1CCCCC1)c1cccc(C)c1O. The fourth-order valence-corrected chi connectivity index (χ4v) is 4.65. The van der Waals surface area contributed by atoms with Gasteiger partial charge in [-0.3, -0.25) is 9.59 Å². The Balaban J connectivity index is 2.50. The molecule has 1 aromatic carbocycles. The number of carbonyl (C=O) groups excluding carboxylic acids is 3. The van der Waals surface area contributed by atoms with Gasteiger partial charge in [-0.25, -0.2) is 4.79 Å². The summed E-state index contributed by atoms with van der Waals surface area (Å²) in [4.78, 5) is 41.7. The van der Waals surface area contributed by atoms with E-state index in [1.165, 1.54) is 4.90 Å². The van der Waals surface area contributed by atoms with Crippen molar-refractivity contribution < 1.29 is 29.3 Å². The summed E-state index contributed by atoms with van der Waals surface area (Å²) < 4.78 is 5.39. The average Bonchev–Trinajstić information content (AvgIpc) is 2.83. The number of amides is 3. The summed E-state index contributed by atoms with van der Waals surface area (Å²) >= 11 is 0. The number of aromatic hydroxyl groups is 1. The molecule has 37 heavy (non-hydrogen) atoms. The summed E-state index contributed by atoms with van der Waals surface area (Å²) in [5.74, 6) is -1.31. The molecule has 0 radical (unpaired) electrons. The van der Waals surface area contributed by atoms with Crippen molar-refractivity contribution in [3.63, 3.8) is 0 Å². The summed E-state index contributed by atoms with van der Waals surface area (Å²) in [5, 5.41) is 26.6. The van der Waals surface area contributed by atoms with Crippen LogP contribution in [0.3, 0.4) is 0 Å². The molecule has 9 heteroatoms. The quantitative estimate of drug-likeness (QED) is 0.371. The predicted molar refractivity (Wildman–Crippen MR) is 142 cm³/mol. The first kappa shape index (κ1) is 30.4. The molecule has 1 saturated carbocycles. The molecule has 0 heterocycles. The van der Waals surface area contributed by atoms with Gasteiger partial charge in [-0.2, -0.15) is 0 Å². The Morgan fingerprint density at radius 1 is 1.16 bits per heavy atom. The van der Waals surface area contributed by atoms with Gasteiger partial charge in [-0.05, 0) is 52.0 Å². The van der Waals surface area contributed by atoms with Crippen molar-refractivity contribution in [1.29, 1.82) is 0 Å². The highest BCUT2D eigenvalue weighted by Gasteiger charge is 2.39. The van der Waals surface area contributed by atoms with Gasteiger partial charge < -0.3 is 30.5 Å². The van der Waals surface area contributed by atoms with Crippen LogP contribution in [0.5, 0.6) is 5.75 Å². The number of carbonyl (C=O) groups is 3. The maximum absolute atomic E-state index is 14.0. The van der Waals surface area contributed by atoms with Crippen LogP contribution in [0.4, 0.5) is 4.79 Å². The van der Waals surface area contributed by atoms with E-state index in [2.05, 4.69) is 10.6 Å². The molecular formula is C28H45N3O6. The van der Waals surface area contributed by atoms with Crippen LogP contribution in [-0.2, 0) is 14.3 Å². The van der Waals surface area contributed by atoms with Gasteiger partial charge in [0, 0.05) is 18.2 Å². The Hall–Kier alpha value is -2.81. The number of aryl methyl sites for hydroxylation is 1. The third-order valence-corrected chi connectivity index (χ3v) is 6.85. The van der Waals surface area contributed by atoms with Crippen LogP contribution >= 0.6 is 0 Å². The van der Waals surface area contributed by atoms with E-state index in [9.17, 15) is 24.6 Å². The largest absolute Gasteiger partial charge is 0.507 e. The van der Waals surface area contributed by atoms with Crippen molar-refractivity contribution in [3.8, 4) is 5.75 Å². The van der Waals surface area contributed by atoms with Crippen LogP contribution in [0.25, 0.3) is 0 Å². The molecule has 3 atom stereocenters. The zero-order valence-corrected chi connectivity index (χ0v) is 23.2. The van der Waals surface area contributed by atoms with Crippen molar-refractivity contribution >= 4 is 17.9 Å². The van der Waals surface area contributed by atoms with E-state index in [1.54, 1.807) is 45.9 Å². The minimum atomic E-state index is -1.19. The van der Waals surface area contributed by atoms with Crippen LogP contribution in [0.15, 0.2) is 18.2 Å². The summed E-state index contributed by atoms with van der Waals surface area (Å²) in [6.45, 7) is 10.1. The molecule has 4 N–H and O–H groups in total. The smallest absolute Gasteiger partial charge is 0.408 e. The van der Waals surface area contributed by atoms with E-state index < -0.39 is 42.2 Å². The number of rotatable bonds is 10. The molecule has 0 saturated heterocycles. The van der Waals surface area contributed by atoms with Gasteiger partial charge in [0.1, 0.15) is 23.4 Å². The number of nitrogens with one attached hydrogen (secondary N) is 2. The first-order valence-electron chi connectivity index (χ1n) is 13.4. The van der Waals surface area contributed by atoms with E-state index in [-0.39, 0.29) is 29.8 Å². The Morgan fingerprint density at radius 3 is 2.38 bits per heavy atom. The Bertz CT molecular complexity index is 923. The number of para-hydroxylation sites is 1. The molecule has 2 rings (SSSR count). The van der Waals surface area contributed by atoms with Crippen LogP contribution in [0, 0.1) is 12.8 Å². The van der Waals surface area contributed by atoms with Gasteiger partial charge in [0.25, 0.3) is 0 Å². The van der Waals surface area contributed by atoms with Crippen molar-refractivity contribution in [2.24, 2.45) is 5.92 Å². The zero-order valence-electron chi connectivity index (χ0n) is 23.2. The summed E-state index contributed by atoms with van der Waals surface area (Å²) in [6, 6.07) is 2.85. The summed E-state index contributed by atoms with van der Waals surface area (Å²) in [7, 11) is 0. The molecule has 208 valence electrons. The fraction of sp³-hybridized carbons (Fsp3) is 0.679. The van der Waals surface area contributed by atoms with Crippen LogP contribution in [0.2, 0.25) is 0 Å². The molecular weight excluding hydrogens is 474 g/mol. The highest BCUT2D eigenvalue weighted by Crippen LogP contribution is 2.33. The lowest BCUT2D eigenvalue weighted by Gasteiger charge is -2.37. The third-order valence-electron chi connectivity index (χ3n) is 6.85. The number of nitrogens with zero attached hydrogens (tertiary/aromatic N) is 1. The topological polar surface area (TPSA) is 128 Å². The Morgan fingerprint density at radius 2 is 1.81 bits per heavy atom. The maximum atomic E-state index is 14.0. The highest BCUT2D eigenvalue weighted by atomic mass is 16.6. The Kier molecular flexibility index (Phi) is 11.2. The van der Waals surface area contributed by atoms with E-state index >= 15 is 0 Å². The number of phenolic OH excluding ortho intramolecular Hbond substituents is 1. The standard InChI is InChI=1S/C28H45N3O6/c1-7-18(2)22(30-27(36)37-28(4,5)6)26(35)31(16-17-32)23(21-15-11-12-19(3)24(21)33)25(34)29-20-13-9-8-10-14-20/h11-12,15,18,20,22-23,32-33H,7-10,13-14,16-17H2,1-6H3,(H,29,34)(H,30,36). The number of aliphatic hydroxyl groups is 1. The molecule has 0 aliphatic heterocycles. The van der Waals surface area contributed by atoms with Crippen molar-refractivity contribution in [2.75, 3.05) is 13.2 Å². The normalized spacial score (nSPS) is 16.8. The molecule has 1 aliphatic rings. The second kappa shape index (κ2) is 13.7. The molecule has 0 bridgehead atoms. The molecule has 1 aliphatic carbocycles. The number of aliphatic hydroxyl groups excluding tert-OH is 1. The van der Waals surface area contributed by atoms with Gasteiger partial charge in [0.2, 0.25) is 11.8 Å². The van der Waals surface area contributed by atoms with E-state index in [4.69, 9.17) is 4.74 Å². The number of hydrogen-bond acceptors (Lipinski definition) is 6. The number of hydrogen-bond donors (Lipinski definition) is 4. The fourth-order valence-electron chi connectivity index (χ4n) is 4.65. The first-order chi connectivity index (χ1) is 17.4. The van der Waals surface area contributed by atoms with Gasteiger partial charge in [-0.1, -0.05) is 57.7 Å². The number of alkyl carbamates (subject to hydrolysis) is 1. The Labute approximate surface area is 221 Å². The van der Waals surface area contributed by atoms with Crippen LogP contribution < -0.4 is 10.6 Å². The number of benzene rings is 1. The van der Waals surface area contributed by atoms with E-state index in [1.807, 2.05) is 13.8 Å². The van der Waals surface area contributed by atoms with Gasteiger partial charge in [-0.15, -0.1) is 0 Å². The van der Waals surface area contributed by atoms with Gasteiger partial charge in [0.05, 0.1) is 6.61 Å². The van der Waals surface area contributed by atoms with Crippen molar-refractivity contribution in [1.82, 2.24) is 15.5 Å². The molecule has 0 aromatic heterocycles. The van der Waals surface area contributed by atoms with Crippen LogP contribution in [-0.4, -0.2) is 63.9 Å². The highest BCUT2D eigenvalue weighted by molar-refractivity contribution is 5.93. The lowest BCUT2D eigenvalue weighted by Crippen LogP contribution is -2.56. The first-order valence-corrected chi connectivity index (χ1v) is 13.4. The van der Waals surface area contributed by atoms with E-state index in [0.717, 1.165) is 32.1 Å². The molecule has 1 aromatic rings.